The van der Waals surface area contributed by atoms with Crippen molar-refractivity contribution < 1.29 is 13.5 Å². The zero-order valence-corrected chi connectivity index (χ0v) is 19.3. The Balaban J connectivity index is 1.14. The first-order valence-electron chi connectivity index (χ1n) is 11.9. The van der Waals surface area contributed by atoms with Crippen molar-refractivity contribution in [3.05, 3.63) is 41.3 Å². The van der Waals surface area contributed by atoms with Crippen LogP contribution in [0, 0.1) is 29.4 Å². The largest absolute Gasteiger partial charge is 0.381 e. The Morgan fingerprint density at radius 3 is 2.64 bits per heavy atom. The molecule has 174 valence electrons. The van der Waals surface area contributed by atoms with E-state index in [0.717, 1.165) is 71.8 Å². The molecule has 0 amide bonds. The van der Waals surface area contributed by atoms with Crippen molar-refractivity contribution in [1.82, 2.24) is 15.1 Å². The molecule has 1 N–H and O–H groups in total. The first-order chi connectivity index (χ1) is 16.1. The van der Waals surface area contributed by atoms with E-state index < -0.39 is 11.6 Å². The molecule has 1 aromatic carbocycles. The molecule has 2 saturated heterocycles. The van der Waals surface area contributed by atoms with Crippen LogP contribution in [-0.4, -0.2) is 54.0 Å². The molecule has 6 rings (SSSR count). The number of halogens is 2. The van der Waals surface area contributed by atoms with Crippen LogP contribution in [0.25, 0.3) is 21.3 Å². The lowest BCUT2D eigenvalue weighted by atomic mass is 10.00. The smallest absolute Gasteiger partial charge is 0.157 e. The molecule has 2 unspecified atom stereocenters. The predicted octanol–water partition coefficient (Wildman–Crippen LogP) is 5.19. The normalized spacial score (nSPS) is 26.2. The van der Waals surface area contributed by atoms with E-state index in [-0.39, 0.29) is 5.56 Å². The van der Waals surface area contributed by atoms with Gasteiger partial charge in [-0.3, -0.25) is 0 Å². The van der Waals surface area contributed by atoms with Gasteiger partial charge in [-0.25, -0.2) is 8.78 Å². The van der Waals surface area contributed by atoms with E-state index in [9.17, 15) is 8.78 Å². The molecular formula is C25H28F2N4OS. The van der Waals surface area contributed by atoms with Crippen molar-refractivity contribution in [2.75, 3.05) is 38.2 Å². The third-order valence-corrected chi connectivity index (χ3v) is 8.51. The number of hydrogen-bond donors (Lipinski definition) is 1. The minimum Gasteiger partial charge on any atom is -0.381 e. The molecule has 0 spiro atoms. The van der Waals surface area contributed by atoms with Crippen LogP contribution in [0.2, 0.25) is 0 Å². The zero-order chi connectivity index (χ0) is 22.4. The number of anilines is 1. The summed E-state index contributed by atoms with van der Waals surface area (Å²) in [7, 11) is 0. The van der Waals surface area contributed by atoms with Crippen LogP contribution in [-0.2, 0) is 4.74 Å². The third kappa shape index (κ3) is 4.24. The number of hydrogen-bond acceptors (Lipinski definition) is 6. The predicted molar refractivity (Wildman–Crippen MR) is 126 cm³/mol. The highest BCUT2D eigenvalue weighted by molar-refractivity contribution is 7.17. The van der Waals surface area contributed by atoms with Gasteiger partial charge in [0.25, 0.3) is 0 Å². The maximum Gasteiger partial charge on any atom is 0.157 e. The Morgan fingerprint density at radius 2 is 1.85 bits per heavy atom. The minimum atomic E-state index is -0.491. The quantitative estimate of drug-likeness (QED) is 0.557. The Morgan fingerprint density at radius 1 is 1.06 bits per heavy atom. The van der Waals surface area contributed by atoms with Crippen LogP contribution in [0.3, 0.4) is 0 Å². The summed E-state index contributed by atoms with van der Waals surface area (Å²) in [6, 6.07) is 5.81. The van der Waals surface area contributed by atoms with Gasteiger partial charge in [-0.1, -0.05) is 0 Å². The molecule has 4 heterocycles. The molecule has 8 heteroatoms. The molecule has 33 heavy (non-hydrogen) atoms. The summed E-state index contributed by atoms with van der Waals surface area (Å²) in [6.45, 7) is 5.43. The summed E-state index contributed by atoms with van der Waals surface area (Å²) in [5.74, 6) is 2.02. The highest BCUT2D eigenvalue weighted by Crippen LogP contribution is 2.41. The van der Waals surface area contributed by atoms with Crippen molar-refractivity contribution in [3.63, 3.8) is 0 Å². The molecule has 0 bridgehead atoms. The average Bonchev–Trinajstić information content (AvgIpc) is 3.52. The van der Waals surface area contributed by atoms with E-state index in [1.54, 1.807) is 0 Å². The van der Waals surface area contributed by atoms with Gasteiger partial charge in [0.05, 0.1) is 4.70 Å². The van der Waals surface area contributed by atoms with E-state index in [1.165, 1.54) is 49.9 Å². The zero-order valence-electron chi connectivity index (χ0n) is 18.5. The second-order valence-corrected chi connectivity index (χ2v) is 10.7. The monoisotopic (exact) mass is 470 g/mol. The summed E-state index contributed by atoms with van der Waals surface area (Å²) in [4.78, 5) is 2.67. The molecule has 3 atom stereocenters. The van der Waals surface area contributed by atoms with Gasteiger partial charge in [-0.15, -0.1) is 21.5 Å². The van der Waals surface area contributed by atoms with E-state index in [0.29, 0.717) is 11.7 Å². The summed E-state index contributed by atoms with van der Waals surface area (Å²) in [6.07, 6.45) is 4.67. The van der Waals surface area contributed by atoms with Crippen LogP contribution in [0.4, 0.5) is 14.6 Å². The van der Waals surface area contributed by atoms with Crippen molar-refractivity contribution in [1.29, 1.82) is 0 Å². The lowest BCUT2D eigenvalue weighted by molar-refractivity contribution is 0.0545. The number of benzene rings is 1. The number of ether oxygens (including phenoxy) is 1. The fourth-order valence-electron chi connectivity index (χ4n) is 5.99. The fourth-order valence-corrected chi connectivity index (χ4v) is 6.89. The van der Waals surface area contributed by atoms with Crippen LogP contribution in [0.1, 0.15) is 25.7 Å². The lowest BCUT2D eigenvalue weighted by Gasteiger charge is -2.27. The third-order valence-electron chi connectivity index (χ3n) is 7.59. The molecule has 2 aliphatic heterocycles. The number of aromatic nitrogens is 2. The number of thiophene rings is 1. The van der Waals surface area contributed by atoms with E-state index in [2.05, 4.69) is 20.4 Å². The van der Waals surface area contributed by atoms with Gasteiger partial charge < -0.3 is 15.0 Å². The molecular weight excluding hydrogens is 442 g/mol. The summed E-state index contributed by atoms with van der Waals surface area (Å²) in [5, 5.41) is 15.2. The summed E-state index contributed by atoms with van der Waals surface area (Å²) >= 11 is 1.48. The van der Waals surface area contributed by atoms with E-state index in [1.807, 2.05) is 11.4 Å². The van der Waals surface area contributed by atoms with Crippen molar-refractivity contribution in [2.45, 2.75) is 31.7 Å². The molecule has 3 fully saturated rings. The number of likely N-dealkylation sites (tertiary alicyclic amines) is 1. The summed E-state index contributed by atoms with van der Waals surface area (Å²) < 4.78 is 34.5. The Kier molecular flexibility index (Phi) is 5.76. The maximum absolute atomic E-state index is 14.4. The van der Waals surface area contributed by atoms with Crippen molar-refractivity contribution >= 4 is 27.2 Å². The molecule has 3 aliphatic rings. The van der Waals surface area contributed by atoms with E-state index in [4.69, 9.17) is 4.74 Å². The molecule has 1 aliphatic carbocycles. The first kappa shape index (κ1) is 21.4. The Bertz CT molecular complexity index is 1130. The van der Waals surface area contributed by atoms with Crippen LogP contribution >= 0.6 is 11.3 Å². The molecule has 1 saturated carbocycles. The molecule has 3 aromatic rings. The average molecular weight is 471 g/mol. The molecule has 5 nitrogen and oxygen atoms in total. The minimum absolute atomic E-state index is 0.154. The lowest BCUT2D eigenvalue weighted by Crippen LogP contribution is -2.32. The number of nitrogens with one attached hydrogen (secondary N) is 1. The summed E-state index contributed by atoms with van der Waals surface area (Å²) in [5.41, 5.74) is 0.552. The second-order valence-electron chi connectivity index (χ2n) is 9.79. The maximum atomic E-state index is 14.4. The SMILES string of the molecule is Fc1ccc(F)c(-c2nnc(NC3CC4CN(CC5CCOCC5)C[C@H]4C3)c3ccsc23)c1. The van der Waals surface area contributed by atoms with Gasteiger partial charge >= 0.3 is 0 Å². The first-order valence-corrected chi connectivity index (χ1v) is 12.8. The van der Waals surface area contributed by atoms with Gasteiger partial charge in [-0.05, 0) is 73.1 Å². The fraction of sp³-hybridized carbons (Fsp3) is 0.520. The topological polar surface area (TPSA) is 50.3 Å². The van der Waals surface area contributed by atoms with Crippen molar-refractivity contribution in [3.8, 4) is 11.3 Å². The van der Waals surface area contributed by atoms with Crippen molar-refractivity contribution in [2.24, 2.45) is 17.8 Å². The van der Waals surface area contributed by atoms with Crippen LogP contribution < -0.4 is 5.32 Å². The standard InChI is InChI=1S/C25H28F2N4OS/c26-18-1-2-22(27)21(11-18)23-24-20(5-8-33-24)25(30-29-23)28-19-9-16-13-31(14-17(16)10-19)12-15-3-6-32-7-4-15/h1-2,5,8,11,15-17,19H,3-4,6-7,9-10,12-14H2,(H,28,30)/t16-,17?,19?/m1/s1. The highest BCUT2D eigenvalue weighted by Gasteiger charge is 2.41. The number of fused-ring (bicyclic) bond motifs is 2. The van der Waals surface area contributed by atoms with Crippen LogP contribution in [0.5, 0.6) is 0 Å². The van der Waals surface area contributed by atoms with Gasteiger partial charge in [0.15, 0.2) is 5.82 Å². The Labute approximate surface area is 196 Å². The van der Waals surface area contributed by atoms with Gasteiger partial charge in [0, 0.05) is 49.8 Å². The van der Waals surface area contributed by atoms with Gasteiger partial charge in [-0.2, -0.15) is 0 Å². The van der Waals surface area contributed by atoms with E-state index >= 15 is 0 Å². The number of rotatable bonds is 5. The molecule has 0 radical (unpaired) electrons. The Hall–Kier alpha value is -2.16. The highest BCUT2D eigenvalue weighted by atomic mass is 32.1. The number of nitrogens with zero attached hydrogens (tertiary/aromatic N) is 3. The van der Waals surface area contributed by atoms with Crippen LogP contribution in [0.15, 0.2) is 29.6 Å². The van der Waals surface area contributed by atoms with Gasteiger partial charge in [0.2, 0.25) is 0 Å². The van der Waals surface area contributed by atoms with Gasteiger partial charge in [0.1, 0.15) is 17.3 Å². The second kappa shape index (κ2) is 8.89. The molecule has 2 aromatic heterocycles.